The first kappa shape index (κ1) is 19.8. The molecule has 30 heavy (non-hydrogen) atoms. The van der Waals surface area contributed by atoms with E-state index in [0.29, 0.717) is 13.2 Å². The molecule has 0 unspecified atom stereocenters. The lowest BCUT2D eigenvalue weighted by Crippen LogP contribution is -2.20. The van der Waals surface area contributed by atoms with Gasteiger partial charge in [0.1, 0.15) is 17.6 Å². The van der Waals surface area contributed by atoms with Gasteiger partial charge in [-0.2, -0.15) is 5.10 Å². The summed E-state index contributed by atoms with van der Waals surface area (Å²) in [4.78, 5) is 12.3. The summed E-state index contributed by atoms with van der Waals surface area (Å²) < 4.78 is 13.4. The van der Waals surface area contributed by atoms with Gasteiger partial charge in [0.15, 0.2) is 0 Å². The minimum absolute atomic E-state index is 0.166. The van der Waals surface area contributed by atoms with Crippen LogP contribution < -0.4 is 14.8 Å². The van der Waals surface area contributed by atoms with Gasteiger partial charge in [-0.15, -0.1) is 0 Å². The largest absolute Gasteiger partial charge is 0.494 e. The molecule has 1 aliphatic heterocycles. The highest BCUT2D eigenvalue weighted by Crippen LogP contribution is 2.35. The number of para-hydroxylation sites is 1. The first-order valence-electron chi connectivity index (χ1n) is 10.1. The smallest absolute Gasteiger partial charge is 0.244 e. The number of amides is 1. The van der Waals surface area contributed by atoms with E-state index in [9.17, 15) is 4.79 Å². The molecule has 0 fully saturated rings. The average Bonchev–Trinajstić information content (AvgIpc) is 3.37. The maximum Gasteiger partial charge on any atom is 0.244 e. The standard InChI is InChI=1S/C24H25N3O3/c1-3-29-22-12-19-11-17(2)30-23(19)13-20(22)15-25-24(28)10-9-18-14-26-27(16-18)21-7-5-4-6-8-21/h4-10,12-14,16-17H,3,11,15H2,1-2H3,(H,25,28)/b10-9+/t17-/m0/s1. The number of hydrogen-bond donors (Lipinski definition) is 1. The number of fused-ring (bicyclic) bond motifs is 1. The minimum atomic E-state index is -0.181. The van der Waals surface area contributed by atoms with Gasteiger partial charge in [-0.1, -0.05) is 18.2 Å². The lowest BCUT2D eigenvalue weighted by molar-refractivity contribution is -0.116. The van der Waals surface area contributed by atoms with E-state index in [1.165, 1.54) is 6.08 Å². The molecule has 1 atom stereocenters. The van der Waals surface area contributed by atoms with Crippen LogP contribution in [0.5, 0.6) is 11.5 Å². The Bertz CT molecular complexity index is 1060. The molecular formula is C24H25N3O3. The molecule has 0 bridgehead atoms. The Morgan fingerprint density at radius 1 is 1.33 bits per heavy atom. The Labute approximate surface area is 176 Å². The van der Waals surface area contributed by atoms with Crippen molar-refractivity contribution < 1.29 is 14.3 Å². The fourth-order valence-electron chi connectivity index (χ4n) is 3.47. The number of carbonyl (C=O) groups is 1. The molecule has 4 rings (SSSR count). The number of benzene rings is 2. The molecule has 1 aliphatic rings. The lowest BCUT2D eigenvalue weighted by atomic mass is 10.1. The van der Waals surface area contributed by atoms with Crippen molar-refractivity contribution >= 4 is 12.0 Å². The highest BCUT2D eigenvalue weighted by molar-refractivity contribution is 5.91. The van der Waals surface area contributed by atoms with Gasteiger partial charge >= 0.3 is 0 Å². The van der Waals surface area contributed by atoms with Crippen molar-refractivity contribution in [2.45, 2.75) is 32.9 Å². The Hall–Kier alpha value is -3.54. The van der Waals surface area contributed by atoms with Gasteiger partial charge in [-0.3, -0.25) is 4.79 Å². The summed E-state index contributed by atoms with van der Waals surface area (Å²) >= 11 is 0. The minimum Gasteiger partial charge on any atom is -0.494 e. The van der Waals surface area contributed by atoms with Crippen molar-refractivity contribution in [2.24, 2.45) is 0 Å². The van der Waals surface area contributed by atoms with Crippen molar-refractivity contribution in [1.29, 1.82) is 0 Å². The quantitative estimate of drug-likeness (QED) is 0.607. The maximum atomic E-state index is 12.3. The predicted molar refractivity (Wildman–Crippen MR) is 116 cm³/mol. The molecule has 0 spiro atoms. The van der Waals surface area contributed by atoms with E-state index in [1.807, 2.05) is 62.5 Å². The molecule has 6 heteroatoms. The van der Waals surface area contributed by atoms with Crippen LogP contribution in [0.4, 0.5) is 0 Å². The zero-order valence-corrected chi connectivity index (χ0v) is 17.2. The lowest BCUT2D eigenvalue weighted by Gasteiger charge is -2.13. The number of carbonyl (C=O) groups excluding carboxylic acids is 1. The molecule has 154 valence electrons. The van der Waals surface area contributed by atoms with Gasteiger partial charge in [-0.05, 0) is 44.2 Å². The van der Waals surface area contributed by atoms with Crippen molar-refractivity contribution in [3.63, 3.8) is 0 Å². The number of ether oxygens (including phenoxy) is 2. The molecule has 3 aromatic rings. The summed E-state index contributed by atoms with van der Waals surface area (Å²) in [5.74, 6) is 1.49. The summed E-state index contributed by atoms with van der Waals surface area (Å²) in [7, 11) is 0. The second kappa shape index (κ2) is 8.86. The molecule has 1 amide bonds. The van der Waals surface area contributed by atoms with Crippen molar-refractivity contribution in [1.82, 2.24) is 15.1 Å². The summed E-state index contributed by atoms with van der Waals surface area (Å²) in [5.41, 5.74) is 3.88. The first-order valence-corrected chi connectivity index (χ1v) is 10.1. The maximum absolute atomic E-state index is 12.3. The number of rotatable bonds is 7. The van der Waals surface area contributed by atoms with Crippen LogP contribution in [0.1, 0.15) is 30.5 Å². The summed E-state index contributed by atoms with van der Waals surface area (Å²) in [6.45, 7) is 4.94. The fraction of sp³-hybridized carbons (Fsp3) is 0.250. The van der Waals surface area contributed by atoms with Crippen molar-refractivity contribution in [3.05, 3.63) is 77.6 Å². The van der Waals surface area contributed by atoms with Gasteiger partial charge in [0.2, 0.25) is 5.91 Å². The Balaban J connectivity index is 1.39. The van der Waals surface area contributed by atoms with Crippen LogP contribution in [-0.2, 0) is 17.8 Å². The van der Waals surface area contributed by atoms with E-state index in [-0.39, 0.29) is 12.0 Å². The second-order valence-electron chi connectivity index (χ2n) is 7.24. The highest BCUT2D eigenvalue weighted by Gasteiger charge is 2.21. The van der Waals surface area contributed by atoms with Crippen LogP contribution in [-0.4, -0.2) is 28.4 Å². The molecule has 1 aromatic heterocycles. The summed E-state index contributed by atoms with van der Waals surface area (Å²) in [5, 5.41) is 7.25. The molecule has 2 aromatic carbocycles. The van der Waals surface area contributed by atoms with Crippen LogP contribution in [0.3, 0.4) is 0 Å². The topological polar surface area (TPSA) is 65.4 Å². The fourth-order valence-corrected chi connectivity index (χ4v) is 3.47. The van der Waals surface area contributed by atoms with E-state index in [2.05, 4.69) is 10.4 Å². The van der Waals surface area contributed by atoms with Crippen molar-refractivity contribution in [2.75, 3.05) is 6.61 Å². The first-order chi connectivity index (χ1) is 14.6. The van der Waals surface area contributed by atoms with E-state index in [0.717, 1.165) is 40.3 Å². The van der Waals surface area contributed by atoms with E-state index >= 15 is 0 Å². The molecule has 1 N–H and O–H groups in total. The van der Waals surface area contributed by atoms with Crippen LogP contribution in [0.25, 0.3) is 11.8 Å². The van der Waals surface area contributed by atoms with Crippen LogP contribution in [0, 0.1) is 0 Å². The highest BCUT2D eigenvalue weighted by atomic mass is 16.5. The Morgan fingerprint density at radius 3 is 2.97 bits per heavy atom. The second-order valence-corrected chi connectivity index (χ2v) is 7.24. The third-order valence-corrected chi connectivity index (χ3v) is 4.88. The van der Waals surface area contributed by atoms with Crippen molar-refractivity contribution in [3.8, 4) is 17.2 Å². The zero-order chi connectivity index (χ0) is 20.9. The predicted octanol–water partition coefficient (Wildman–Crippen LogP) is 3.92. The number of nitrogens with one attached hydrogen (secondary N) is 1. The van der Waals surface area contributed by atoms with Gasteiger partial charge in [0, 0.05) is 41.9 Å². The number of nitrogens with zero attached hydrogens (tertiary/aromatic N) is 2. The van der Waals surface area contributed by atoms with Crippen LogP contribution in [0.2, 0.25) is 0 Å². The molecule has 0 saturated carbocycles. The number of hydrogen-bond acceptors (Lipinski definition) is 4. The van der Waals surface area contributed by atoms with Gasteiger partial charge in [0.05, 0.1) is 18.5 Å². The van der Waals surface area contributed by atoms with E-state index in [4.69, 9.17) is 9.47 Å². The van der Waals surface area contributed by atoms with Crippen LogP contribution >= 0.6 is 0 Å². The average molecular weight is 403 g/mol. The monoisotopic (exact) mass is 403 g/mol. The third-order valence-electron chi connectivity index (χ3n) is 4.88. The Morgan fingerprint density at radius 2 is 2.17 bits per heavy atom. The molecule has 0 saturated heterocycles. The van der Waals surface area contributed by atoms with E-state index in [1.54, 1.807) is 17.0 Å². The molecular weight excluding hydrogens is 378 g/mol. The molecule has 6 nitrogen and oxygen atoms in total. The van der Waals surface area contributed by atoms with Crippen LogP contribution in [0.15, 0.2) is 60.9 Å². The summed E-state index contributed by atoms with van der Waals surface area (Å²) in [6, 6.07) is 13.8. The Kier molecular flexibility index (Phi) is 5.84. The van der Waals surface area contributed by atoms with Gasteiger partial charge < -0.3 is 14.8 Å². The third kappa shape index (κ3) is 4.54. The van der Waals surface area contributed by atoms with E-state index < -0.39 is 0 Å². The molecule has 0 radical (unpaired) electrons. The zero-order valence-electron chi connectivity index (χ0n) is 17.2. The molecule has 2 heterocycles. The molecule has 0 aliphatic carbocycles. The number of aromatic nitrogens is 2. The SMILES string of the molecule is CCOc1cc2c(cc1CNC(=O)/C=C/c1cnn(-c3ccccc3)c1)O[C@@H](C)C2. The van der Waals surface area contributed by atoms with Gasteiger partial charge in [-0.25, -0.2) is 4.68 Å². The normalized spacial score (nSPS) is 15.1. The summed E-state index contributed by atoms with van der Waals surface area (Å²) in [6.07, 6.45) is 7.91. The van der Waals surface area contributed by atoms with Gasteiger partial charge in [0.25, 0.3) is 0 Å².